The fourth-order valence-electron chi connectivity index (χ4n) is 1.65. The molecule has 0 unspecified atom stereocenters. The Bertz CT molecular complexity index is 642. The SMILES string of the molecule is Nc1cc(Cc2ncc(C(F)(F)F)cc2Cl)ccc1Cl. The summed E-state index contributed by atoms with van der Waals surface area (Å²) in [5.41, 5.74) is 6.30. The van der Waals surface area contributed by atoms with Crippen LogP contribution in [0.3, 0.4) is 0 Å². The number of hydrogen-bond acceptors (Lipinski definition) is 2. The molecule has 106 valence electrons. The van der Waals surface area contributed by atoms with Crippen LogP contribution in [0.2, 0.25) is 10.0 Å². The van der Waals surface area contributed by atoms with E-state index in [1.54, 1.807) is 18.2 Å². The highest BCUT2D eigenvalue weighted by molar-refractivity contribution is 6.33. The number of anilines is 1. The van der Waals surface area contributed by atoms with Gasteiger partial charge in [0.25, 0.3) is 0 Å². The number of aromatic nitrogens is 1. The summed E-state index contributed by atoms with van der Waals surface area (Å²) in [4.78, 5) is 3.77. The molecular weight excluding hydrogens is 312 g/mol. The summed E-state index contributed by atoms with van der Waals surface area (Å²) in [5, 5.41) is 0.383. The van der Waals surface area contributed by atoms with Crippen LogP contribution in [0, 0.1) is 0 Å². The van der Waals surface area contributed by atoms with E-state index in [9.17, 15) is 13.2 Å². The zero-order valence-electron chi connectivity index (χ0n) is 10.0. The first-order chi connectivity index (χ1) is 9.27. The zero-order valence-corrected chi connectivity index (χ0v) is 11.5. The number of rotatable bonds is 2. The van der Waals surface area contributed by atoms with Gasteiger partial charge in [0.05, 0.1) is 27.0 Å². The Morgan fingerprint density at radius 3 is 2.35 bits per heavy atom. The second kappa shape index (κ2) is 5.50. The summed E-state index contributed by atoms with van der Waals surface area (Å²) in [6.45, 7) is 0. The van der Waals surface area contributed by atoms with Crippen molar-refractivity contribution < 1.29 is 13.2 Å². The lowest BCUT2D eigenvalue weighted by molar-refractivity contribution is -0.137. The fourth-order valence-corrected chi connectivity index (χ4v) is 2.00. The van der Waals surface area contributed by atoms with E-state index in [2.05, 4.69) is 4.98 Å². The minimum Gasteiger partial charge on any atom is -0.398 e. The standard InChI is InChI=1S/C13H9Cl2F3N2/c14-9-2-1-7(3-11(9)19)4-12-10(15)5-8(6-20-12)13(16,17)18/h1-3,5-6H,4,19H2. The predicted octanol–water partition coefficient (Wildman–Crippen LogP) is 4.58. The molecule has 0 radical (unpaired) electrons. The molecule has 7 heteroatoms. The lowest BCUT2D eigenvalue weighted by Gasteiger charge is -2.09. The maximum atomic E-state index is 12.5. The van der Waals surface area contributed by atoms with Crippen LogP contribution in [-0.4, -0.2) is 4.98 Å². The van der Waals surface area contributed by atoms with Crippen molar-refractivity contribution in [2.75, 3.05) is 5.73 Å². The van der Waals surface area contributed by atoms with Crippen molar-refractivity contribution in [1.82, 2.24) is 4.98 Å². The summed E-state index contributed by atoms with van der Waals surface area (Å²) in [5.74, 6) is 0. The molecule has 1 aromatic carbocycles. The highest BCUT2D eigenvalue weighted by atomic mass is 35.5. The molecule has 2 nitrogen and oxygen atoms in total. The second-order valence-corrected chi connectivity index (χ2v) is 5.00. The normalized spacial score (nSPS) is 11.7. The van der Waals surface area contributed by atoms with Crippen LogP contribution in [0.4, 0.5) is 18.9 Å². The van der Waals surface area contributed by atoms with Crippen molar-refractivity contribution >= 4 is 28.9 Å². The first-order valence-corrected chi connectivity index (χ1v) is 6.28. The van der Waals surface area contributed by atoms with Gasteiger partial charge < -0.3 is 5.73 Å². The van der Waals surface area contributed by atoms with Gasteiger partial charge in [0.1, 0.15) is 0 Å². The Morgan fingerprint density at radius 2 is 1.80 bits per heavy atom. The molecule has 20 heavy (non-hydrogen) atoms. The third-order valence-corrected chi connectivity index (χ3v) is 3.35. The minimum absolute atomic E-state index is 0.0339. The lowest BCUT2D eigenvalue weighted by Crippen LogP contribution is -2.07. The third kappa shape index (κ3) is 3.35. The van der Waals surface area contributed by atoms with Gasteiger partial charge in [-0.05, 0) is 23.8 Å². The van der Waals surface area contributed by atoms with Crippen LogP contribution in [0.15, 0.2) is 30.5 Å². The van der Waals surface area contributed by atoms with Crippen molar-refractivity contribution in [1.29, 1.82) is 0 Å². The maximum absolute atomic E-state index is 12.5. The van der Waals surface area contributed by atoms with Crippen LogP contribution in [0.1, 0.15) is 16.8 Å². The van der Waals surface area contributed by atoms with Crippen LogP contribution in [0.5, 0.6) is 0 Å². The van der Waals surface area contributed by atoms with Gasteiger partial charge in [-0.1, -0.05) is 29.3 Å². The summed E-state index contributed by atoms with van der Waals surface area (Å²) >= 11 is 11.6. The molecule has 0 fully saturated rings. The Morgan fingerprint density at radius 1 is 1.10 bits per heavy atom. The van der Waals surface area contributed by atoms with E-state index >= 15 is 0 Å². The highest BCUT2D eigenvalue weighted by Gasteiger charge is 2.31. The largest absolute Gasteiger partial charge is 0.417 e. The van der Waals surface area contributed by atoms with Crippen LogP contribution >= 0.6 is 23.2 Å². The molecule has 1 heterocycles. The van der Waals surface area contributed by atoms with Gasteiger partial charge in [-0.15, -0.1) is 0 Å². The van der Waals surface area contributed by atoms with Crippen molar-refractivity contribution in [3.8, 4) is 0 Å². The third-order valence-electron chi connectivity index (χ3n) is 2.68. The van der Waals surface area contributed by atoms with Crippen molar-refractivity contribution in [3.63, 3.8) is 0 Å². The first kappa shape index (κ1) is 14.9. The van der Waals surface area contributed by atoms with E-state index < -0.39 is 11.7 Å². The monoisotopic (exact) mass is 320 g/mol. The lowest BCUT2D eigenvalue weighted by atomic mass is 10.1. The van der Waals surface area contributed by atoms with E-state index in [1.165, 1.54) is 0 Å². The van der Waals surface area contributed by atoms with Gasteiger partial charge in [0, 0.05) is 12.6 Å². The van der Waals surface area contributed by atoms with E-state index in [4.69, 9.17) is 28.9 Å². The summed E-state index contributed by atoms with van der Waals surface area (Å²) in [6, 6.07) is 5.83. The molecule has 1 aromatic heterocycles. The minimum atomic E-state index is -4.46. The van der Waals surface area contributed by atoms with Gasteiger partial charge in [-0.3, -0.25) is 4.98 Å². The van der Waals surface area contributed by atoms with Gasteiger partial charge in [-0.2, -0.15) is 13.2 Å². The molecule has 0 atom stereocenters. The van der Waals surface area contributed by atoms with E-state index in [-0.39, 0.29) is 11.4 Å². The predicted molar refractivity (Wildman–Crippen MR) is 72.9 cm³/mol. The fraction of sp³-hybridized carbons (Fsp3) is 0.154. The first-order valence-electron chi connectivity index (χ1n) is 5.53. The van der Waals surface area contributed by atoms with Crippen LogP contribution in [-0.2, 0) is 12.6 Å². The molecule has 0 amide bonds. The molecule has 2 N–H and O–H groups in total. The zero-order chi connectivity index (χ0) is 14.9. The molecule has 0 aliphatic heterocycles. The number of nitrogen functional groups attached to an aromatic ring is 1. The Balaban J connectivity index is 2.28. The molecule has 0 saturated heterocycles. The van der Waals surface area contributed by atoms with Gasteiger partial charge >= 0.3 is 6.18 Å². The number of alkyl halides is 3. The van der Waals surface area contributed by atoms with E-state index in [1.807, 2.05) is 0 Å². The topological polar surface area (TPSA) is 38.9 Å². The van der Waals surface area contributed by atoms with Crippen molar-refractivity contribution in [3.05, 3.63) is 57.3 Å². The molecule has 0 spiro atoms. The molecule has 0 aliphatic carbocycles. The number of halogens is 5. The van der Waals surface area contributed by atoms with Gasteiger partial charge in [-0.25, -0.2) is 0 Å². The highest BCUT2D eigenvalue weighted by Crippen LogP contribution is 2.31. The van der Waals surface area contributed by atoms with Crippen LogP contribution in [0.25, 0.3) is 0 Å². The molecule has 2 aromatic rings. The molecule has 2 rings (SSSR count). The van der Waals surface area contributed by atoms with E-state index in [0.717, 1.165) is 17.8 Å². The van der Waals surface area contributed by atoms with Gasteiger partial charge in [0.15, 0.2) is 0 Å². The smallest absolute Gasteiger partial charge is 0.398 e. The van der Waals surface area contributed by atoms with Crippen LogP contribution < -0.4 is 5.73 Å². The molecule has 0 saturated carbocycles. The second-order valence-electron chi connectivity index (χ2n) is 4.18. The Hall–Kier alpha value is -1.46. The summed E-state index contributed by atoms with van der Waals surface area (Å²) in [7, 11) is 0. The number of nitrogens with zero attached hydrogens (tertiary/aromatic N) is 1. The number of hydrogen-bond donors (Lipinski definition) is 1. The average Bonchev–Trinajstić information content (AvgIpc) is 2.35. The Labute approximate surface area is 123 Å². The van der Waals surface area contributed by atoms with Gasteiger partial charge in [0.2, 0.25) is 0 Å². The number of pyridine rings is 1. The quantitative estimate of drug-likeness (QED) is 0.822. The average molecular weight is 321 g/mol. The van der Waals surface area contributed by atoms with Crippen molar-refractivity contribution in [2.24, 2.45) is 0 Å². The molecule has 0 bridgehead atoms. The van der Waals surface area contributed by atoms with Crippen molar-refractivity contribution in [2.45, 2.75) is 12.6 Å². The number of nitrogens with two attached hydrogens (primary N) is 1. The number of benzene rings is 1. The van der Waals surface area contributed by atoms with E-state index in [0.29, 0.717) is 16.4 Å². The Kier molecular flexibility index (Phi) is 4.11. The summed E-state index contributed by atoms with van der Waals surface area (Å²) < 4.78 is 37.5. The maximum Gasteiger partial charge on any atom is 0.417 e. The molecular formula is C13H9Cl2F3N2. The summed E-state index contributed by atoms with van der Waals surface area (Å²) in [6.07, 6.45) is -3.42. The molecule has 0 aliphatic rings.